The van der Waals surface area contributed by atoms with Crippen LogP contribution in [0.5, 0.6) is 0 Å². The molecule has 2 rings (SSSR count). The van der Waals surface area contributed by atoms with Crippen LogP contribution in [0.25, 0.3) is 0 Å². The number of aryl methyl sites for hydroxylation is 1. The van der Waals surface area contributed by atoms with Gasteiger partial charge in [0.25, 0.3) is 0 Å². The second kappa shape index (κ2) is 7.22. The minimum Gasteiger partial charge on any atom is -0.360 e. The molecule has 0 aliphatic heterocycles. The monoisotopic (exact) mass is 302 g/mol. The number of aromatic nitrogens is 2. The van der Waals surface area contributed by atoms with Gasteiger partial charge >= 0.3 is 0 Å². The lowest BCUT2D eigenvalue weighted by Crippen LogP contribution is -2.35. The summed E-state index contributed by atoms with van der Waals surface area (Å²) in [5.74, 6) is 0. The van der Waals surface area contributed by atoms with Gasteiger partial charge in [-0.1, -0.05) is 31.2 Å². The van der Waals surface area contributed by atoms with Gasteiger partial charge in [0.2, 0.25) is 0 Å². The molecule has 0 amide bonds. The molecule has 1 atom stereocenters. The minimum atomic E-state index is 0.368. The lowest BCUT2D eigenvalue weighted by Gasteiger charge is -2.14. The molecular formula is C16H22N4S. The van der Waals surface area contributed by atoms with Gasteiger partial charge in [-0.05, 0) is 43.6 Å². The van der Waals surface area contributed by atoms with Gasteiger partial charge in [-0.25, -0.2) is 0 Å². The molecule has 1 heterocycles. The molecule has 0 saturated carbocycles. The molecule has 112 valence electrons. The van der Waals surface area contributed by atoms with Crippen LogP contribution in [0.1, 0.15) is 31.4 Å². The van der Waals surface area contributed by atoms with E-state index in [1.54, 1.807) is 6.20 Å². The third-order valence-electron chi connectivity index (χ3n) is 3.47. The van der Waals surface area contributed by atoms with Crippen LogP contribution in [0.2, 0.25) is 0 Å². The van der Waals surface area contributed by atoms with Gasteiger partial charge < -0.3 is 10.6 Å². The third-order valence-corrected chi connectivity index (χ3v) is 3.69. The zero-order valence-electron chi connectivity index (χ0n) is 12.8. The van der Waals surface area contributed by atoms with Crippen molar-refractivity contribution in [1.82, 2.24) is 15.1 Å². The Labute approximate surface area is 131 Å². The molecule has 0 aliphatic carbocycles. The molecule has 0 aliphatic rings. The summed E-state index contributed by atoms with van der Waals surface area (Å²) in [4.78, 5) is 0. The van der Waals surface area contributed by atoms with Crippen molar-refractivity contribution in [2.45, 2.75) is 39.8 Å². The predicted molar refractivity (Wildman–Crippen MR) is 91.6 cm³/mol. The Bertz CT molecular complexity index is 606. The second-order valence-corrected chi connectivity index (χ2v) is 5.67. The summed E-state index contributed by atoms with van der Waals surface area (Å²) in [5, 5.41) is 11.4. The van der Waals surface area contributed by atoms with Crippen molar-refractivity contribution < 1.29 is 0 Å². The molecular weight excluding hydrogens is 280 g/mol. The molecule has 1 unspecified atom stereocenters. The topological polar surface area (TPSA) is 41.9 Å². The quantitative estimate of drug-likeness (QED) is 0.831. The largest absolute Gasteiger partial charge is 0.360 e. The van der Waals surface area contributed by atoms with Crippen molar-refractivity contribution in [3.63, 3.8) is 0 Å². The van der Waals surface area contributed by atoms with E-state index in [9.17, 15) is 0 Å². The van der Waals surface area contributed by atoms with Crippen LogP contribution in [0.15, 0.2) is 36.7 Å². The molecule has 1 aromatic carbocycles. The number of thiocarbonyl (C=S) groups is 1. The summed E-state index contributed by atoms with van der Waals surface area (Å²) in [6.45, 7) is 7.11. The van der Waals surface area contributed by atoms with Crippen molar-refractivity contribution in [2.24, 2.45) is 0 Å². The molecule has 2 N–H and O–H groups in total. The zero-order valence-corrected chi connectivity index (χ0v) is 13.6. The first-order valence-electron chi connectivity index (χ1n) is 7.23. The van der Waals surface area contributed by atoms with Crippen molar-refractivity contribution in [2.75, 3.05) is 5.32 Å². The van der Waals surface area contributed by atoms with Crippen LogP contribution < -0.4 is 10.6 Å². The average Bonchev–Trinajstić information content (AvgIpc) is 2.88. The Morgan fingerprint density at radius 1 is 1.38 bits per heavy atom. The van der Waals surface area contributed by atoms with Crippen molar-refractivity contribution in [3.05, 3.63) is 47.8 Å². The van der Waals surface area contributed by atoms with Gasteiger partial charge in [0, 0.05) is 12.2 Å². The predicted octanol–water partition coefficient (Wildman–Crippen LogP) is 3.32. The summed E-state index contributed by atoms with van der Waals surface area (Å²) < 4.78 is 1.91. The molecule has 0 radical (unpaired) electrons. The van der Waals surface area contributed by atoms with E-state index in [1.165, 1.54) is 11.1 Å². The fourth-order valence-corrected chi connectivity index (χ4v) is 2.29. The lowest BCUT2D eigenvalue weighted by molar-refractivity contribution is 0.646. The zero-order chi connectivity index (χ0) is 15.2. The van der Waals surface area contributed by atoms with Gasteiger partial charge in [0.05, 0.1) is 18.4 Å². The van der Waals surface area contributed by atoms with Gasteiger partial charge in [-0.3, -0.25) is 4.68 Å². The summed E-state index contributed by atoms with van der Waals surface area (Å²) in [5.41, 5.74) is 3.45. The van der Waals surface area contributed by atoms with E-state index in [0.717, 1.165) is 18.7 Å². The van der Waals surface area contributed by atoms with E-state index < -0.39 is 0 Å². The molecule has 1 aromatic heterocycles. The van der Waals surface area contributed by atoms with E-state index in [4.69, 9.17) is 12.2 Å². The normalized spacial score (nSPS) is 12.0. The van der Waals surface area contributed by atoms with Gasteiger partial charge in [-0.2, -0.15) is 5.10 Å². The maximum atomic E-state index is 5.28. The number of rotatable bonds is 5. The summed E-state index contributed by atoms with van der Waals surface area (Å²) in [6.07, 6.45) is 4.80. The van der Waals surface area contributed by atoms with Crippen LogP contribution in [-0.4, -0.2) is 20.9 Å². The number of hydrogen-bond acceptors (Lipinski definition) is 2. The molecule has 2 aromatic rings. The Kier molecular flexibility index (Phi) is 5.33. The Balaban J connectivity index is 1.96. The Morgan fingerprint density at radius 2 is 2.14 bits per heavy atom. The number of nitrogens with one attached hydrogen (secondary N) is 2. The molecule has 4 nitrogen and oxygen atoms in total. The van der Waals surface area contributed by atoms with E-state index in [-0.39, 0.29) is 0 Å². The summed E-state index contributed by atoms with van der Waals surface area (Å²) in [7, 11) is 0. The van der Waals surface area contributed by atoms with Crippen LogP contribution in [0.4, 0.5) is 5.69 Å². The van der Waals surface area contributed by atoms with E-state index >= 15 is 0 Å². The first-order valence-corrected chi connectivity index (χ1v) is 7.63. The number of benzene rings is 1. The van der Waals surface area contributed by atoms with Crippen LogP contribution in [0.3, 0.4) is 0 Å². The molecule has 5 heteroatoms. The Morgan fingerprint density at radius 3 is 2.86 bits per heavy atom. The van der Waals surface area contributed by atoms with Gasteiger partial charge in [-0.15, -0.1) is 0 Å². The van der Waals surface area contributed by atoms with Crippen molar-refractivity contribution in [3.8, 4) is 0 Å². The summed E-state index contributed by atoms with van der Waals surface area (Å²) in [6, 6.07) is 8.71. The third kappa shape index (κ3) is 4.56. The maximum absolute atomic E-state index is 5.28. The van der Waals surface area contributed by atoms with Crippen molar-refractivity contribution in [1.29, 1.82) is 0 Å². The second-order valence-electron chi connectivity index (χ2n) is 5.26. The first-order chi connectivity index (χ1) is 10.1. The summed E-state index contributed by atoms with van der Waals surface area (Å²) >= 11 is 5.28. The highest BCUT2D eigenvalue weighted by Crippen LogP contribution is 2.11. The fourth-order valence-electron chi connectivity index (χ4n) is 1.97. The maximum Gasteiger partial charge on any atom is 0.171 e. The van der Waals surface area contributed by atoms with Gasteiger partial charge in [0.1, 0.15) is 0 Å². The van der Waals surface area contributed by atoms with Crippen LogP contribution in [-0.2, 0) is 6.54 Å². The molecule has 0 spiro atoms. The van der Waals surface area contributed by atoms with E-state index in [1.807, 2.05) is 16.9 Å². The van der Waals surface area contributed by atoms with E-state index in [2.05, 4.69) is 54.7 Å². The van der Waals surface area contributed by atoms with Crippen molar-refractivity contribution >= 4 is 23.0 Å². The number of hydrogen-bond donors (Lipinski definition) is 2. The highest BCUT2D eigenvalue weighted by atomic mass is 32.1. The lowest BCUT2D eigenvalue weighted by atomic mass is 10.1. The van der Waals surface area contributed by atoms with Crippen LogP contribution in [0, 0.1) is 6.92 Å². The molecule has 0 saturated heterocycles. The average molecular weight is 302 g/mol. The van der Waals surface area contributed by atoms with E-state index in [0.29, 0.717) is 11.2 Å². The smallest absolute Gasteiger partial charge is 0.171 e. The number of nitrogens with zero attached hydrogens (tertiary/aromatic N) is 2. The SMILES string of the molecule is CCC(C)NC(=S)Nc1cnn(Cc2ccccc2C)c1. The highest BCUT2D eigenvalue weighted by Gasteiger charge is 2.05. The number of anilines is 1. The standard InChI is InChI=1S/C16H22N4S/c1-4-13(3)18-16(21)19-15-9-17-20(11-15)10-14-8-6-5-7-12(14)2/h5-9,11,13H,4,10H2,1-3H3,(H2,18,19,21). The fraction of sp³-hybridized carbons (Fsp3) is 0.375. The molecule has 0 bridgehead atoms. The molecule has 21 heavy (non-hydrogen) atoms. The first kappa shape index (κ1) is 15.5. The van der Waals surface area contributed by atoms with Crippen LogP contribution >= 0.6 is 12.2 Å². The molecule has 0 fully saturated rings. The minimum absolute atomic E-state index is 0.368. The highest BCUT2D eigenvalue weighted by molar-refractivity contribution is 7.80. The van der Waals surface area contributed by atoms with Gasteiger partial charge in [0.15, 0.2) is 5.11 Å². The Hall–Kier alpha value is -1.88.